The monoisotopic (exact) mass is 159 g/mol. The molecule has 3 heteroatoms. The lowest BCUT2D eigenvalue weighted by Gasteiger charge is -2.16. The lowest BCUT2D eigenvalue weighted by Crippen LogP contribution is -2.38. The fourth-order valence-corrected chi connectivity index (χ4v) is 1.32. The van der Waals surface area contributed by atoms with Crippen molar-refractivity contribution in [3.8, 4) is 0 Å². The van der Waals surface area contributed by atoms with Gasteiger partial charge in [-0.15, -0.1) is 0 Å². The van der Waals surface area contributed by atoms with Crippen LogP contribution in [0.25, 0.3) is 0 Å². The summed E-state index contributed by atoms with van der Waals surface area (Å²) in [4.78, 5) is 0. The average molecular weight is 159 g/mol. The number of hydrogen-bond acceptors (Lipinski definition) is 3. The van der Waals surface area contributed by atoms with Crippen LogP contribution in [-0.4, -0.2) is 36.5 Å². The smallest absolute Gasteiger partial charge is 0.0700 e. The maximum absolute atomic E-state index is 9.00. The Hall–Kier alpha value is -0.120. The molecular formula is C8H17NO2. The lowest BCUT2D eigenvalue weighted by molar-refractivity contribution is 0.108. The van der Waals surface area contributed by atoms with Crippen LogP contribution in [0.1, 0.15) is 20.3 Å². The summed E-state index contributed by atoms with van der Waals surface area (Å²) >= 11 is 0. The van der Waals surface area contributed by atoms with Gasteiger partial charge in [-0.2, -0.15) is 0 Å². The highest BCUT2D eigenvalue weighted by molar-refractivity contribution is 4.79. The predicted octanol–water partition coefficient (Wildman–Crippen LogP) is 0.134. The molecule has 0 amide bonds. The molecule has 0 bridgehead atoms. The third-order valence-electron chi connectivity index (χ3n) is 2.05. The number of hydrogen-bond donors (Lipinski definition) is 2. The van der Waals surface area contributed by atoms with Crippen LogP contribution in [0, 0.1) is 0 Å². The number of aliphatic hydroxyl groups excluding tert-OH is 1. The van der Waals surface area contributed by atoms with E-state index in [-0.39, 0.29) is 6.10 Å². The molecule has 0 unspecified atom stereocenters. The van der Waals surface area contributed by atoms with Gasteiger partial charge in [0.2, 0.25) is 0 Å². The predicted molar refractivity (Wildman–Crippen MR) is 43.5 cm³/mol. The van der Waals surface area contributed by atoms with Gasteiger partial charge in [-0.3, -0.25) is 0 Å². The van der Waals surface area contributed by atoms with E-state index < -0.39 is 0 Å². The zero-order valence-electron chi connectivity index (χ0n) is 7.21. The second-order valence-corrected chi connectivity index (χ2v) is 3.23. The maximum Gasteiger partial charge on any atom is 0.0700 e. The highest BCUT2D eigenvalue weighted by Crippen LogP contribution is 2.11. The van der Waals surface area contributed by atoms with Crippen molar-refractivity contribution < 1.29 is 9.84 Å². The first-order valence-electron chi connectivity index (χ1n) is 4.23. The van der Waals surface area contributed by atoms with E-state index in [1.54, 1.807) is 6.92 Å². The third-order valence-corrected chi connectivity index (χ3v) is 2.05. The molecule has 2 N–H and O–H groups in total. The molecule has 66 valence electrons. The maximum atomic E-state index is 9.00. The average Bonchev–Trinajstić information content (AvgIpc) is 2.31. The van der Waals surface area contributed by atoms with Gasteiger partial charge < -0.3 is 15.2 Å². The van der Waals surface area contributed by atoms with E-state index in [2.05, 4.69) is 12.2 Å². The van der Waals surface area contributed by atoms with E-state index in [9.17, 15) is 0 Å². The van der Waals surface area contributed by atoms with Gasteiger partial charge in [0, 0.05) is 19.2 Å². The van der Waals surface area contributed by atoms with Crippen molar-refractivity contribution in [3.05, 3.63) is 0 Å². The highest BCUT2D eigenvalue weighted by atomic mass is 16.5. The third kappa shape index (κ3) is 2.77. The molecule has 0 radical (unpaired) electrons. The second-order valence-electron chi connectivity index (χ2n) is 3.23. The molecule has 0 saturated carbocycles. The molecule has 3 atom stereocenters. The van der Waals surface area contributed by atoms with Gasteiger partial charge in [-0.1, -0.05) is 0 Å². The first-order valence-corrected chi connectivity index (χ1v) is 4.23. The Labute approximate surface area is 67.7 Å². The van der Waals surface area contributed by atoms with Crippen molar-refractivity contribution in [1.29, 1.82) is 0 Å². The number of ether oxygens (including phenoxy) is 1. The van der Waals surface area contributed by atoms with Gasteiger partial charge in [0.25, 0.3) is 0 Å². The van der Waals surface area contributed by atoms with E-state index in [4.69, 9.17) is 9.84 Å². The number of aliphatic hydroxyl groups is 1. The van der Waals surface area contributed by atoms with Crippen LogP contribution in [-0.2, 0) is 4.74 Å². The summed E-state index contributed by atoms with van der Waals surface area (Å²) in [7, 11) is 0. The zero-order valence-corrected chi connectivity index (χ0v) is 7.21. The molecule has 0 aromatic carbocycles. The number of rotatable bonds is 3. The van der Waals surface area contributed by atoms with Gasteiger partial charge in [0.05, 0.1) is 12.2 Å². The summed E-state index contributed by atoms with van der Waals surface area (Å²) < 4.78 is 5.35. The van der Waals surface area contributed by atoms with Crippen molar-refractivity contribution in [3.63, 3.8) is 0 Å². The minimum atomic E-state index is -0.261. The van der Waals surface area contributed by atoms with Gasteiger partial charge in [0.1, 0.15) is 0 Å². The van der Waals surface area contributed by atoms with Crippen LogP contribution in [0.2, 0.25) is 0 Å². The SMILES string of the molecule is C[C@@H]1OCC[C@@H]1NC[C@@H](C)O. The molecule has 1 aliphatic heterocycles. The van der Waals surface area contributed by atoms with Crippen LogP contribution in [0.5, 0.6) is 0 Å². The molecule has 0 aromatic heterocycles. The molecular weight excluding hydrogens is 142 g/mol. The Bertz CT molecular complexity index is 117. The van der Waals surface area contributed by atoms with E-state index in [1.165, 1.54) is 0 Å². The Balaban J connectivity index is 2.15. The summed E-state index contributed by atoms with van der Waals surface area (Å²) in [5.41, 5.74) is 0. The molecule has 11 heavy (non-hydrogen) atoms. The summed E-state index contributed by atoms with van der Waals surface area (Å²) in [6.45, 7) is 5.36. The van der Waals surface area contributed by atoms with Crippen LogP contribution >= 0.6 is 0 Å². The van der Waals surface area contributed by atoms with E-state index in [0.29, 0.717) is 18.7 Å². The molecule has 1 rings (SSSR count). The zero-order chi connectivity index (χ0) is 8.27. The van der Waals surface area contributed by atoms with Crippen LogP contribution in [0.3, 0.4) is 0 Å². The topological polar surface area (TPSA) is 41.5 Å². The van der Waals surface area contributed by atoms with Crippen LogP contribution in [0.15, 0.2) is 0 Å². The van der Waals surface area contributed by atoms with Gasteiger partial charge in [-0.25, -0.2) is 0 Å². The summed E-state index contributed by atoms with van der Waals surface area (Å²) in [6, 6.07) is 0.435. The molecule has 0 aromatic rings. The summed E-state index contributed by atoms with van der Waals surface area (Å²) in [6.07, 6.45) is 1.10. The Kier molecular flexibility index (Phi) is 3.30. The van der Waals surface area contributed by atoms with Crippen molar-refractivity contribution in [1.82, 2.24) is 5.32 Å². The fraction of sp³-hybridized carbons (Fsp3) is 1.00. The van der Waals surface area contributed by atoms with Crippen LogP contribution < -0.4 is 5.32 Å². The van der Waals surface area contributed by atoms with Gasteiger partial charge in [0.15, 0.2) is 0 Å². The van der Waals surface area contributed by atoms with Crippen molar-refractivity contribution >= 4 is 0 Å². The minimum Gasteiger partial charge on any atom is -0.392 e. The highest BCUT2D eigenvalue weighted by Gasteiger charge is 2.23. The quantitative estimate of drug-likeness (QED) is 0.615. The Morgan fingerprint density at radius 3 is 2.91 bits per heavy atom. The normalized spacial score (nSPS) is 34.1. The molecule has 0 spiro atoms. The molecule has 1 saturated heterocycles. The van der Waals surface area contributed by atoms with Crippen LogP contribution in [0.4, 0.5) is 0 Å². The fourth-order valence-electron chi connectivity index (χ4n) is 1.32. The minimum absolute atomic E-state index is 0.261. The van der Waals surface area contributed by atoms with E-state index in [1.807, 2.05) is 0 Å². The Morgan fingerprint density at radius 1 is 1.73 bits per heavy atom. The van der Waals surface area contributed by atoms with Crippen molar-refractivity contribution in [2.24, 2.45) is 0 Å². The van der Waals surface area contributed by atoms with Crippen molar-refractivity contribution in [2.45, 2.75) is 38.5 Å². The summed E-state index contributed by atoms with van der Waals surface area (Å²) in [5, 5.41) is 12.3. The molecule has 0 aliphatic carbocycles. The van der Waals surface area contributed by atoms with E-state index in [0.717, 1.165) is 13.0 Å². The first kappa shape index (κ1) is 8.97. The Morgan fingerprint density at radius 2 is 2.45 bits per heavy atom. The molecule has 1 fully saturated rings. The molecule has 1 aliphatic rings. The second kappa shape index (κ2) is 4.04. The van der Waals surface area contributed by atoms with Gasteiger partial charge >= 0.3 is 0 Å². The summed E-state index contributed by atoms with van der Waals surface area (Å²) in [5.74, 6) is 0. The molecule has 3 nitrogen and oxygen atoms in total. The van der Waals surface area contributed by atoms with Gasteiger partial charge in [-0.05, 0) is 20.3 Å². The standard InChI is InChI=1S/C8H17NO2/c1-6(10)5-9-8-3-4-11-7(8)2/h6-10H,3-5H2,1-2H3/t6-,7+,8+/m1/s1. The molecule has 1 heterocycles. The largest absolute Gasteiger partial charge is 0.392 e. The number of nitrogens with one attached hydrogen (secondary N) is 1. The lowest BCUT2D eigenvalue weighted by atomic mass is 10.1. The van der Waals surface area contributed by atoms with E-state index >= 15 is 0 Å². The van der Waals surface area contributed by atoms with Crippen molar-refractivity contribution in [2.75, 3.05) is 13.2 Å². The first-order chi connectivity index (χ1) is 5.20.